The van der Waals surface area contributed by atoms with Gasteiger partial charge in [-0.3, -0.25) is 0 Å². The quantitative estimate of drug-likeness (QED) is 0.611. The molecule has 1 aromatic rings. The van der Waals surface area contributed by atoms with Gasteiger partial charge >= 0.3 is 6.36 Å². The summed E-state index contributed by atoms with van der Waals surface area (Å²) in [7, 11) is 0. The molecule has 4 heteroatoms. The summed E-state index contributed by atoms with van der Waals surface area (Å²) in [4.78, 5) is 0. The van der Waals surface area contributed by atoms with E-state index in [0.29, 0.717) is 0 Å². The normalized spacial score (nSPS) is 11.2. The first-order chi connectivity index (χ1) is 5.08. The monoisotopic (exact) mass is 160 g/mol. The van der Waals surface area contributed by atoms with Gasteiger partial charge in [0.05, 0.1) is 0 Å². The van der Waals surface area contributed by atoms with E-state index < -0.39 is 6.36 Å². The van der Waals surface area contributed by atoms with Crippen molar-refractivity contribution in [2.24, 2.45) is 0 Å². The van der Waals surface area contributed by atoms with E-state index in [-0.39, 0.29) is 5.75 Å². The van der Waals surface area contributed by atoms with Gasteiger partial charge in [0.15, 0.2) is 0 Å². The second-order valence-electron chi connectivity index (χ2n) is 1.70. The lowest BCUT2D eigenvalue weighted by atomic mass is 10.3. The molecule has 11 heavy (non-hydrogen) atoms. The first kappa shape index (κ1) is 7.91. The zero-order valence-electron chi connectivity index (χ0n) is 5.27. The molecule has 0 amide bonds. The maximum atomic E-state index is 11.5. The highest BCUT2D eigenvalue weighted by Gasteiger charge is 2.30. The predicted molar refractivity (Wildman–Crippen MR) is 30.8 cm³/mol. The zero-order chi connectivity index (χ0) is 8.32. The zero-order valence-corrected chi connectivity index (χ0v) is 5.27. The van der Waals surface area contributed by atoms with E-state index in [0.717, 1.165) is 6.07 Å². The summed E-state index contributed by atoms with van der Waals surface area (Å²) in [6, 6.07) is 8.47. The highest BCUT2D eigenvalue weighted by molar-refractivity contribution is 5.18. The number of benzene rings is 1. The van der Waals surface area contributed by atoms with Crippen molar-refractivity contribution in [1.29, 1.82) is 0 Å². The molecular formula is C7H3F3O. The molecule has 2 radical (unpaired) electrons. The van der Waals surface area contributed by atoms with E-state index in [9.17, 15) is 13.2 Å². The molecule has 0 N–H and O–H groups in total. The standard InChI is InChI=1S/C7H3F3O/c8-7(9,10)11-6-4-2-1-3-5-6/h1-2,5H. The van der Waals surface area contributed by atoms with Crippen molar-refractivity contribution in [3.8, 4) is 5.75 Å². The van der Waals surface area contributed by atoms with E-state index in [1.807, 2.05) is 0 Å². The summed E-state index contributed by atoms with van der Waals surface area (Å²) >= 11 is 0. The molecule has 0 heterocycles. The van der Waals surface area contributed by atoms with Gasteiger partial charge in [0, 0.05) is 6.07 Å². The molecule has 1 nitrogen and oxygen atoms in total. The molecular weight excluding hydrogens is 157 g/mol. The van der Waals surface area contributed by atoms with Crippen molar-refractivity contribution in [2.75, 3.05) is 0 Å². The van der Waals surface area contributed by atoms with Crippen LogP contribution in [0.4, 0.5) is 13.2 Å². The number of alkyl halides is 3. The van der Waals surface area contributed by atoms with Crippen LogP contribution in [0.3, 0.4) is 0 Å². The van der Waals surface area contributed by atoms with Crippen LogP contribution in [0.2, 0.25) is 0 Å². The Morgan fingerprint density at radius 2 is 2.00 bits per heavy atom. The van der Waals surface area contributed by atoms with Gasteiger partial charge in [-0.1, -0.05) is 6.07 Å². The average molecular weight is 160 g/mol. The van der Waals surface area contributed by atoms with Crippen LogP contribution in [0.5, 0.6) is 5.75 Å². The Hall–Kier alpha value is -1.19. The molecule has 0 unspecified atom stereocenters. The number of hydrogen-bond acceptors (Lipinski definition) is 1. The SMILES string of the molecule is FC(F)(F)Oc1[c]cc[c]c1. The molecule has 0 saturated heterocycles. The van der Waals surface area contributed by atoms with Gasteiger partial charge in [-0.2, -0.15) is 0 Å². The molecule has 0 bridgehead atoms. The summed E-state index contributed by atoms with van der Waals surface area (Å²) in [6.07, 6.45) is -4.65. The van der Waals surface area contributed by atoms with E-state index in [4.69, 9.17) is 0 Å². The summed E-state index contributed by atoms with van der Waals surface area (Å²) in [5, 5.41) is 0. The number of halogens is 3. The Labute approximate surface area is 61.4 Å². The Morgan fingerprint density at radius 1 is 1.27 bits per heavy atom. The maximum Gasteiger partial charge on any atom is 0.573 e. The van der Waals surface area contributed by atoms with Crippen molar-refractivity contribution in [2.45, 2.75) is 6.36 Å². The number of hydrogen-bond donors (Lipinski definition) is 0. The molecule has 0 aliphatic carbocycles. The van der Waals surface area contributed by atoms with E-state index in [2.05, 4.69) is 16.9 Å². The third-order valence-corrected chi connectivity index (χ3v) is 0.845. The van der Waals surface area contributed by atoms with Gasteiger partial charge in [-0.05, 0) is 18.2 Å². The fraction of sp³-hybridized carbons (Fsp3) is 0.143. The van der Waals surface area contributed by atoms with E-state index >= 15 is 0 Å². The first-order valence-electron chi connectivity index (χ1n) is 2.71. The van der Waals surface area contributed by atoms with Crippen molar-refractivity contribution < 1.29 is 17.9 Å². The Kier molecular flexibility index (Phi) is 2.03. The topological polar surface area (TPSA) is 9.23 Å². The molecule has 1 rings (SSSR count). The number of rotatable bonds is 1. The molecule has 0 aliphatic rings. The molecule has 0 atom stereocenters. The van der Waals surface area contributed by atoms with Crippen molar-refractivity contribution in [1.82, 2.24) is 0 Å². The second-order valence-corrected chi connectivity index (χ2v) is 1.70. The van der Waals surface area contributed by atoms with Gasteiger partial charge in [-0.15, -0.1) is 13.2 Å². The fourth-order valence-electron chi connectivity index (χ4n) is 0.521. The van der Waals surface area contributed by atoms with Crippen LogP contribution in [0.15, 0.2) is 18.2 Å². The lowest BCUT2D eigenvalue weighted by molar-refractivity contribution is -0.274. The van der Waals surface area contributed by atoms with Crippen LogP contribution in [-0.2, 0) is 0 Å². The van der Waals surface area contributed by atoms with Crippen LogP contribution < -0.4 is 4.74 Å². The molecule has 0 aliphatic heterocycles. The van der Waals surface area contributed by atoms with Crippen LogP contribution >= 0.6 is 0 Å². The van der Waals surface area contributed by atoms with Gasteiger partial charge in [0.1, 0.15) is 5.75 Å². The maximum absolute atomic E-state index is 11.5. The van der Waals surface area contributed by atoms with E-state index in [1.54, 1.807) is 0 Å². The van der Waals surface area contributed by atoms with Gasteiger partial charge in [0.25, 0.3) is 0 Å². The Morgan fingerprint density at radius 3 is 2.45 bits per heavy atom. The van der Waals surface area contributed by atoms with Crippen molar-refractivity contribution in [3.63, 3.8) is 0 Å². The summed E-state index contributed by atoms with van der Waals surface area (Å²) in [6.45, 7) is 0. The summed E-state index contributed by atoms with van der Waals surface area (Å²) in [5.41, 5.74) is 0. The minimum atomic E-state index is -4.65. The Bertz CT molecular complexity index is 217. The minimum absolute atomic E-state index is 0.375. The molecule has 0 spiro atoms. The van der Waals surface area contributed by atoms with Gasteiger partial charge in [-0.25, -0.2) is 0 Å². The van der Waals surface area contributed by atoms with Crippen LogP contribution in [0.1, 0.15) is 0 Å². The molecule has 58 valence electrons. The molecule has 0 fully saturated rings. The predicted octanol–water partition coefficient (Wildman–Crippen LogP) is 2.19. The summed E-state index contributed by atoms with van der Waals surface area (Å²) < 4.78 is 38.0. The van der Waals surface area contributed by atoms with E-state index in [1.165, 1.54) is 12.1 Å². The average Bonchev–Trinajstić information content (AvgIpc) is 1.85. The van der Waals surface area contributed by atoms with Gasteiger partial charge in [0.2, 0.25) is 0 Å². The highest BCUT2D eigenvalue weighted by Crippen LogP contribution is 2.20. The third kappa shape index (κ3) is 2.93. The smallest absolute Gasteiger partial charge is 0.405 e. The van der Waals surface area contributed by atoms with Crippen LogP contribution in [-0.4, -0.2) is 6.36 Å². The lowest BCUT2D eigenvalue weighted by Crippen LogP contribution is -2.16. The highest BCUT2D eigenvalue weighted by atomic mass is 19.4. The molecule has 0 aromatic heterocycles. The van der Waals surface area contributed by atoms with Crippen molar-refractivity contribution in [3.05, 3.63) is 30.3 Å². The first-order valence-corrected chi connectivity index (χ1v) is 2.71. The third-order valence-electron chi connectivity index (χ3n) is 0.845. The van der Waals surface area contributed by atoms with Gasteiger partial charge < -0.3 is 4.74 Å². The minimum Gasteiger partial charge on any atom is -0.405 e. The van der Waals surface area contributed by atoms with Crippen molar-refractivity contribution >= 4 is 0 Å². The lowest BCUT2D eigenvalue weighted by Gasteiger charge is -2.06. The molecule has 1 aromatic carbocycles. The summed E-state index contributed by atoms with van der Waals surface area (Å²) in [5.74, 6) is -0.375. The van der Waals surface area contributed by atoms with Crippen LogP contribution in [0, 0.1) is 12.1 Å². The largest absolute Gasteiger partial charge is 0.573 e. The second kappa shape index (κ2) is 2.82. The Balaban J connectivity index is 2.66. The fourth-order valence-corrected chi connectivity index (χ4v) is 0.521. The molecule has 0 saturated carbocycles. The van der Waals surface area contributed by atoms with Crippen LogP contribution in [0.25, 0.3) is 0 Å². The number of ether oxygens (including phenoxy) is 1.